The Bertz CT molecular complexity index is 75.8. The third-order valence-corrected chi connectivity index (χ3v) is 0.539. The highest BCUT2D eigenvalue weighted by atomic mass is 16.1. The van der Waals surface area contributed by atoms with Crippen molar-refractivity contribution in [1.82, 2.24) is 0 Å². The zero-order valence-electron chi connectivity index (χ0n) is 4.05. The van der Waals surface area contributed by atoms with Crippen molar-refractivity contribution < 1.29 is 4.79 Å². The Hall–Kier alpha value is -0.660. The molecule has 0 aromatic rings. The maximum Gasteiger partial charge on any atom is 0.234 e. The normalized spacial score (nSPS) is 7.57. The molecule has 0 unspecified atom stereocenters. The van der Waals surface area contributed by atoms with Crippen LogP contribution >= 0.6 is 0 Å². The molecule has 0 fully saturated rings. The van der Waals surface area contributed by atoms with Gasteiger partial charge in [-0.05, 0) is 13.0 Å². The van der Waals surface area contributed by atoms with Crippen molar-refractivity contribution in [3.8, 4) is 0 Å². The summed E-state index contributed by atoms with van der Waals surface area (Å²) in [6.45, 7) is 1.10. The summed E-state index contributed by atoms with van der Waals surface area (Å²) in [5.74, 6) is 0. The summed E-state index contributed by atoms with van der Waals surface area (Å²) in [7, 11) is 0. The first kappa shape index (κ1) is 6.34. The van der Waals surface area contributed by atoms with Crippen LogP contribution in [-0.2, 0) is 4.79 Å². The van der Waals surface area contributed by atoms with Crippen molar-refractivity contribution in [1.29, 1.82) is 0 Å². The van der Waals surface area contributed by atoms with Crippen LogP contribution in [0.15, 0.2) is 4.99 Å². The third-order valence-electron chi connectivity index (χ3n) is 0.539. The quantitative estimate of drug-likeness (QED) is 0.300. The van der Waals surface area contributed by atoms with Crippen molar-refractivity contribution in [3.63, 3.8) is 0 Å². The number of hydrogen-bond donors (Lipinski definition) is 1. The average molecular weight is 100 g/mol. The van der Waals surface area contributed by atoms with Gasteiger partial charge in [-0.25, -0.2) is 9.79 Å². The molecule has 0 aromatic carbocycles. The van der Waals surface area contributed by atoms with E-state index in [0.717, 1.165) is 6.42 Å². The Morgan fingerprint density at radius 2 is 2.43 bits per heavy atom. The zero-order chi connectivity index (χ0) is 5.54. The summed E-state index contributed by atoms with van der Waals surface area (Å²) in [6, 6.07) is 0. The third kappa shape index (κ3) is 5.34. The van der Waals surface area contributed by atoms with E-state index >= 15 is 0 Å². The van der Waals surface area contributed by atoms with Gasteiger partial charge in [0.05, 0.1) is 6.54 Å². The van der Waals surface area contributed by atoms with Gasteiger partial charge in [0.1, 0.15) is 0 Å². The number of aliphatic imine (C=N–C) groups is 1. The number of nitrogens with zero attached hydrogens (tertiary/aromatic N) is 1. The number of hydrogen-bond acceptors (Lipinski definition) is 3. The van der Waals surface area contributed by atoms with E-state index in [-0.39, 0.29) is 0 Å². The highest BCUT2D eigenvalue weighted by Crippen LogP contribution is 1.71. The number of isocyanates is 1. The van der Waals surface area contributed by atoms with E-state index in [0.29, 0.717) is 13.1 Å². The Balaban J connectivity index is 2.83. The largest absolute Gasteiger partial charge is 0.330 e. The minimum Gasteiger partial charge on any atom is -0.330 e. The molecule has 0 heterocycles. The molecule has 0 aliphatic carbocycles. The van der Waals surface area contributed by atoms with E-state index in [4.69, 9.17) is 5.73 Å². The van der Waals surface area contributed by atoms with Crippen molar-refractivity contribution in [2.75, 3.05) is 13.1 Å². The van der Waals surface area contributed by atoms with Crippen molar-refractivity contribution in [3.05, 3.63) is 0 Å². The van der Waals surface area contributed by atoms with Crippen molar-refractivity contribution >= 4 is 6.08 Å². The predicted molar refractivity (Wildman–Crippen MR) is 26.7 cm³/mol. The first-order valence-electron chi connectivity index (χ1n) is 2.15. The van der Waals surface area contributed by atoms with Crippen LogP contribution in [-0.4, -0.2) is 19.2 Å². The lowest BCUT2D eigenvalue weighted by Gasteiger charge is -1.81. The minimum absolute atomic E-state index is 0.514. The summed E-state index contributed by atoms with van der Waals surface area (Å²) in [5, 5.41) is 0. The lowest BCUT2D eigenvalue weighted by molar-refractivity contribution is 0.562. The summed E-state index contributed by atoms with van der Waals surface area (Å²) >= 11 is 0. The van der Waals surface area contributed by atoms with Crippen molar-refractivity contribution in [2.45, 2.75) is 6.42 Å². The molecule has 0 amide bonds. The molecule has 0 saturated carbocycles. The number of carbonyl (C=O) groups excluding carboxylic acids is 1. The van der Waals surface area contributed by atoms with Gasteiger partial charge >= 0.3 is 0 Å². The molecule has 0 aromatic heterocycles. The smallest absolute Gasteiger partial charge is 0.234 e. The van der Waals surface area contributed by atoms with Gasteiger partial charge in [-0.2, -0.15) is 0 Å². The summed E-state index contributed by atoms with van der Waals surface area (Å²) in [6.07, 6.45) is 2.20. The maximum atomic E-state index is 9.35. The molecule has 0 spiro atoms. The highest BCUT2D eigenvalue weighted by molar-refractivity contribution is 5.32. The van der Waals surface area contributed by atoms with E-state index in [1.165, 1.54) is 6.08 Å². The Labute approximate surface area is 42.2 Å². The summed E-state index contributed by atoms with van der Waals surface area (Å²) < 4.78 is 0. The number of nitrogens with two attached hydrogens (primary N) is 1. The van der Waals surface area contributed by atoms with Crippen LogP contribution in [0.2, 0.25) is 0 Å². The fourth-order valence-corrected chi connectivity index (χ4v) is 0.216. The van der Waals surface area contributed by atoms with Gasteiger partial charge in [-0.15, -0.1) is 0 Å². The standard InChI is InChI=1S/C4H8N2O/c5-2-1-3-6-4-7/h1-3,5H2. The molecule has 0 radical (unpaired) electrons. The average Bonchev–Trinajstić information content (AvgIpc) is 1.69. The molecular formula is C4H8N2O. The molecule has 0 atom stereocenters. The second kappa shape index (κ2) is 5.34. The van der Waals surface area contributed by atoms with Gasteiger partial charge in [0.2, 0.25) is 6.08 Å². The van der Waals surface area contributed by atoms with E-state index < -0.39 is 0 Å². The second-order valence-electron chi connectivity index (χ2n) is 1.12. The van der Waals surface area contributed by atoms with E-state index in [9.17, 15) is 4.79 Å². The molecule has 40 valence electrons. The van der Waals surface area contributed by atoms with Crippen LogP contribution in [0.4, 0.5) is 0 Å². The van der Waals surface area contributed by atoms with Gasteiger partial charge in [0.15, 0.2) is 0 Å². The fourth-order valence-electron chi connectivity index (χ4n) is 0.216. The van der Waals surface area contributed by atoms with Gasteiger partial charge in [-0.1, -0.05) is 0 Å². The van der Waals surface area contributed by atoms with Gasteiger partial charge in [-0.3, -0.25) is 0 Å². The predicted octanol–water partition coefficient (Wildman–Crippen LogP) is -0.329. The van der Waals surface area contributed by atoms with Crippen LogP contribution in [0.25, 0.3) is 0 Å². The van der Waals surface area contributed by atoms with Gasteiger partial charge in [0, 0.05) is 0 Å². The maximum absolute atomic E-state index is 9.35. The lowest BCUT2D eigenvalue weighted by atomic mass is 10.4. The van der Waals surface area contributed by atoms with Crippen LogP contribution < -0.4 is 5.73 Å². The molecular weight excluding hydrogens is 92.1 g/mol. The molecule has 2 N–H and O–H groups in total. The van der Waals surface area contributed by atoms with Crippen molar-refractivity contribution in [2.24, 2.45) is 10.7 Å². The van der Waals surface area contributed by atoms with Crippen LogP contribution in [0, 0.1) is 0 Å². The molecule has 0 aliphatic heterocycles. The molecule has 0 aliphatic rings. The summed E-state index contributed by atoms with van der Waals surface area (Å²) in [4.78, 5) is 12.6. The minimum atomic E-state index is 0.514. The molecule has 0 rings (SSSR count). The topological polar surface area (TPSA) is 55.4 Å². The fraction of sp³-hybridized carbons (Fsp3) is 0.750. The monoisotopic (exact) mass is 100 g/mol. The molecule has 0 bridgehead atoms. The molecule has 0 saturated heterocycles. The second-order valence-corrected chi connectivity index (χ2v) is 1.12. The first-order chi connectivity index (χ1) is 3.41. The Kier molecular flexibility index (Phi) is 4.84. The molecule has 7 heavy (non-hydrogen) atoms. The van der Waals surface area contributed by atoms with E-state index in [1.54, 1.807) is 0 Å². The first-order valence-corrected chi connectivity index (χ1v) is 2.15. The van der Waals surface area contributed by atoms with Crippen LogP contribution in [0.1, 0.15) is 6.42 Å². The van der Waals surface area contributed by atoms with Crippen LogP contribution in [0.5, 0.6) is 0 Å². The molecule has 3 nitrogen and oxygen atoms in total. The number of rotatable bonds is 3. The van der Waals surface area contributed by atoms with Gasteiger partial charge in [0.25, 0.3) is 0 Å². The van der Waals surface area contributed by atoms with E-state index in [1.807, 2.05) is 0 Å². The lowest BCUT2D eigenvalue weighted by Crippen LogP contribution is -1.99. The van der Waals surface area contributed by atoms with Gasteiger partial charge < -0.3 is 5.73 Å². The molecule has 3 heteroatoms. The summed E-state index contributed by atoms with van der Waals surface area (Å²) in [5.41, 5.74) is 5.08. The van der Waals surface area contributed by atoms with Crippen LogP contribution in [0.3, 0.4) is 0 Å². The van der Waals surface area contributed by atoms with E-state index in [2.05, 4.69) is 4.99 Å². The zero-order valence-corrected chi connectivity index (χ0v) is 4.05. The SMILES string of the molecule is NCCCN=C=O. The Morgan fingerprint density at radius 3 is 2.86 bits per heavy atom. The highest BCUT2D eigenvalue weighted by Gasteiger charge is 1.74. The Morgan fingerprint density at radius 1 is 1.71 bits per heavy atom.